The monoisotopic (exact) mass is 934 g/mol. The second-order valence-corrected chi connectivity index (χ2v) is 15.3. The average molecular weight is 936 g/mol. The first-order chi connectivity index (χ1) is 26.6. The number of anilines is 2. The van der Waals surface area contributed by atoms with Crippen molar-refractivity contribution in [2.45, 2.75) is 21.7 Å². The molecule has 2 saturated heterocycles. The van der Waals surface area contributed by atoms with Gasteiger partial charge in [-0.3, -0.25) is 9.69 Å². The smallest absolute Gasteiger partial charge is 1.00 e. The molecule has 2 heterocycles. The molecule has 22 heteroatoms. The van der Waals surface area contributed by atoms with Gasteiger partial charge in [0.15, 0.2) is 0 Å². The van der Waals surface area contributed by atoms with Crippen LogP contribution in [0.25, 0.3) is 20.9 Å². The van der Waals surface area contributed by atoms with Gasteiger partial charge in [0, 0.05) is 94.5 Å². The number of azide groups is 2. The first-order valence-electron chi connectivity index (χ1n) is 16.7. The maximum atomic E-state index is 11.7. The van der Waals surface area contributed by atoms with E-state index in [0.29, 0.717) is 5.33 Å². The van der Waals surface area contributed by atoms with Crippen LogP contribution in [0.1, 0.15) is 12.6 Å². The first-order valence-corrected chi connectivity index (χ1v) is 20.7. The molecule has 4 aromatic carbocycles. The number of alkyl halides is 1. The normalized spacial score (nSPS) is 13.6. The summed E-state index contributed by atoms with van der Waals surface area (Å²) in [4.78, 5) is 23.0. The van der Waals surface area contributed by atoms with Crippen molar-refractivity contribution in [2.24, 2.45) is 9.04 Å². The van der Waals surface area contributed by atoms with Crippen molar-refractivity contribution in [1.29, 1.82) is 0 Å². The summed E-state index contributed by atoms with van der Waals surface area (Å²) in [6.45, 7) is 8.89. The molecule has 0 amide bonds. The molecule has 17 nitrogen and oxygen atoms in total. The fraction of sp³-hybridized carbons (Fsp3) is 0.286. The van der Waals surface area contributed by atoms with Gasteiger partial charge >= 0.3 is 103 Å². The van der Waals surface area contributed by atoms with Crippen molar-refractivity contribution in [3.63, 3.8) is 0 Å². The Morgan fingerprint density at radius 3 is 1.44 bits per heavy atom. The van der Waals surface area contributed by atoms with Gasteiger partial charge in [0.2, 0.25) is 0 Å². The van der Waals surface area contributed by atoms with E-state index in [1.54, 1.807) is 24.3 Å². The van der Waals surface area contributed by atoms with Gasteiger partial charge in [-0.15, -0.1) is 0 Å². The summed E-state index contributed by atoms with van der Waals surface area (Å²) in [5.41, 5.74) is 20.9. The molecule has 1 N–H and O–H groups in total. The Morgan fingerprint density at radius 1 is 0.684 bits per heavy atom. The first kappa shape index (κ1) is 53.1. The van der Waals surface area contributed by atoms with Crippen LogP contribution in [-0.2, 0) is 41.6 Å². The van der Waals surface area contributed by atoms with Crippen LogP contribution in [-0.4, -0.2) is 80.6 Å². The van der Waals surface area contributed by atoms with Crippen LogP contribution in [0.15, 0.2) is 128 Å². The van der Waals surface area contributed by atoms with E-state index in [-0.39, 0.29) is 120 Å². The third-order valence-corrected chi connectivity index (χ3v) is 11.0. The van der Waals surface area contributed by atoms with E-state index in [0.717, 1.165) is 70.0 Å². The van der Waals surface area contributed by atoms with Crippen LogP contribution in [0.5, 0.6) is 0 Å². The van der Waals surface area contributed by atoms with Gasteiger partial charge in [0.05, 0.1) is 9.79 Å². The van der Waals surface area contributed by atoms with Gasteiger partial charge in [-0.05, 0) is 70.7 Å². The molecule has 0 aliphatic carbocycles. The van der Waals surface area contributed by atoms with Crippen LogP contribution >= 0.6 is 15.9 Å². The number of benzene rings is 4. The van der Waals surface area contributed by atoms with Gasteiger partial charge in [-0.25, -0.2) is 16.8 Å². The molecular weight excluding hydrogens is 895 g/mol. The number of para-hydroxylation sites is 2. The van der Waals surface area contributed by atoms with E-state index >= 15 is 0 Å². The van der Waals surface area contributed by atoms with Crippen LogP contribution in [0.2, 0.25) is 0 Å². The Balaban J connectivity index is 0.000000840. The van der Waals surface area contributed by atoms with Crippen LogP contribution in [0.4, 0.5) is 11.4 Å². The van der Waals surface area contributed by atoms with Crippen LogP contribution in [0.3, 0.4) is 0 Å². The van der Waals surface area contributed by atoms with E-state index in [9.17, 15) is 16.8 Å². The summed E-state index contributed by atoms with van der Waals surface area (Å²) in [6, 6.07) is 33.6. The van der Waals surface area contributed by atoms with Crippen molar-refractivity contribution in [3.8, 4) is 0 Å². The Bertz CT molecular complexity index is 2080. The maximum Gasteiger partial charge on any atom is 1.00 e. The molecular formula is C35H41BrK2N10O7S2. The number of nitrogens with zero attached hydrogens (tertiary/aromatic N) is 9. The number of sulfonamides is 2. The van der Waals surface area contributed by atoms with Crippen LogP contribution in [0, 0.1) is 0 Å². The maximum absolute atomic E-state index is 11.7. The number of halogens is 1. The van der Waals surface area contributed by atoms with Crippen LogP contribution < -0.4 is 123 Å². The Kier molecular flexibility index (Phi) is 27.3. The zero-order valence-electron chi connectivity index (χ0n) is 32.6. The number of piperazine rings is 2. The van der Waals surface area contributed by atoms with Gasteiger partial charge < -0.3 is 26.7 Å². The van der Waals surface area contributed by atoms with Gasteiger partial charge in [-0.2, -0.15) is 0 Å². The minimum atomic E-state index is -3.91. The largest absolute Gasteiger partial charge is 1.00 e. The minimum Gasteiger partial charge on any atom is -1.00 e. The molecule has 0 radical (unpaired) electrons. The molecule has 2 aliphatic rings. The van der Waals surface area contributed by atoms with Gasteiger partial charge in [0.1, 0.15) is 0 Å². The molecule has 57 heavy (non-hydrogen) atoms. The fourth-order valence-electron chi connectivity index (χ4n) is 5.33. The molecule has 0 spiro atoms. The summed E-state index contributed by atoms with van der Waals surface area (Å²) in [5, 5.41) is 12.4. The number of hydrogen-bond acceptors (Lipinski definition) is 11. The van der Waals surface area contributed by atoms with Crippen molar-refractivity contribution in [3.05, 3.63) is 141 Å². The third-order valence-electron chi connectivity index (χ3n) is 8.06. The van der Waals surface area contributed by atoms with Crippen molar-refractivity contribution < 1.29 is 136 Å². The average Bonchev–Trinajstić information content (AvgIpc) is 3.23. The van der Waals surface area contributed by atoms with Crippen molar-refractivity contribution in [2.75, 3.05) is 62.2 Å². The Hall–Kier alpha value is -1.90. The van der Waals surface area contributed by atoms with E-state index < -0.39 is 20.0 Å². The number of nitrogens with one attached hydrogen (secondary N) is 1. The SMILES string of the molecule is O=CO[O-].[H-].[K+].[K+].[N-]=[N+]=NS(=O)(=O)c1ccc(CBr)cc1.[N-]=[N+]=NS(=O)(=O)c1ccc(CN2CCN(c3ccccc3)CC2)cc1.c1ccc(N2CCNCC2)cc1. The van der Waals surface area contributed by atoms with E-state index in [1.807, 2.05) is 18.2 Å². The number of rotatable bonds is 10. The molecule has 0 aromatic heterocycles. The molecule has 0 bridgehead atoms. The second kappa shape index (κ2) is 29.3. The molecule has 2 aliphatic heterocycles. The summed E-state index contributed by atoms with van der Waals surface area (Å²) >= 11 is 3.23. The zero-order valence-corrected chi connectivity index (χ0v) is 41.1. The minimum absolute atomic E-state index is 0. The van der Waals surface area contributed by atoms with E-state index in [4.69, 9.17) is 21.1 Å². The summed E-state index contributed by atoms with van der Waals surface area (Å²) < 4.78 is 51.3. The number of carbonyl (C=O) groups is 1. The topological polar surface area (TPSA) is 237 Å². The molecule has 4 aromatic rings. The molecule has 294 valence electrons. The zero-order chi connectivity index (χ0) is 39.9. The molecule has 0 saturated carbocycles. The summed E-state index contributed by atoms with van der Waals surface area (Å²) in [7, 11) is -7.75. The molecule has 2 fully saturated rings. The Morgan fingerprint density at radius 2 is 1.07 bits per heavy atom. The predicted octanol–water partition coefficient (Wildman–Crippen LogP) is -0.760. The number of hydrogen-bond donors (Lipinski definition) is 1. The van der Waals surface area contributed by atoms with E-state index in [2.05, 4.69) is 102 Å². The summed E-state index contributed by atoms with van der Waals surface area (Å²) in [5.74, 6) is 0. The third kappa shape index (κ3) is 19.4. The fourth-order valence-corrected chi connectivity index (χ4v) is 7.05. The van der Waals surface area contributed by atoms with Gasteiger partial charge in [-0.1, -0.05) is 76.6 Å². The second-order valence-electron chi connectivity index (χ2n) is 11.6. The standard InChI is InChI=1S/C17H19N5O2S.C10H14N2.C7H6BrN3O2S.CH2O3.2K.H/c18-19-20-25(23,24)17-8-6-15(7-9-17)14-21-10-12-22(13-11-21)16-4-2-1-3-5-16;1-2-4-10(5-3-1)12-8-6-11-7-9-12;8-5-6-1-3-7(4-2-6)14(12,13)11-10-9;2-1-4-3;;;/h1-9H,10-14H2;1-5,11H,6-9H2;1-4H,5H2;1,3H;;;/q;;;;2*+1;-1/p-1. The van der Waals surface area contributed by atoms with Crippen molar-refractivity contribution in [1.82, 2.24) is 10.2 Å². The molecule has 0 unspecified atom stereocenters. The predicted molar refractivity (Wildman–Crippen MR) is 212 cm³/mol. The molecule has 0 atom stereocenters. The summed E-state index contributed by atoms with van der Waals surface area (Å²) in [6.07, 6.45) is 0. The van der Waals surface area contributed by atoms with Gasteiger partial charge in [0.25, 0.3) is 26.5 Å². The quantitative estimate of drug-likeness (QED) is 0.0303. The number of carbonyl (C=O) groups excluding carboxylic acids is 1. The Labute approximate surface area is 427 Å². The molecule has 6 rings (SSSR count). The van der Waals surface area contributed by atoms with Crippen molar-refractivity contribution >= 4 is 53.8 Å². The van der Waals surface area contributed by atoms with E-state index in [1.165, 1.54) is 35.6 Å².